The summed E-state index contributed by atoms with van der Waals surface area (Å²) in [6.45, 7) is 2.90. The van der Waals surface area contributed by atoms with Crippen molar-refractivity contribution in [2.24, 2.45) is 0 Å². The summed E-state index contributed by atoms with van der Waals surface area (Å²) in [4.78, 5) is 2.36. The number of hydrogen-bond acceptors (Lipinski definition) is 3. The molecule has 3 heteroatoms. The van der Waals surface area contributed by atoms with E-state index < -0.39 is 6.10 Å². The molecule has 1 saturated carbocycles. The SMILES string of the molecule is C[C@@H](O)c1ccccc1N(CCCO)C1CCC1. The molecule has 0 spiro atoms. The Morgan fingerprint density at radius 1 is 1.33 bits per heavy atom. The first kappa shape index (κ1) is 13.4. The minimum absolute atomic E-state index is 0.222. The van der Waals surface area contributed by atoms with E-state index in [0.717, 1.165) is 24.2 Å². The van der Waals surface area contributed by atoms with Crippen molar-refractivity contribution in [3.63, 3.8) is 0 Å². The summed E-state index contributed by atoms with van der Waals surface area (Å²) in [7, 11) is 0. The van der Waals surface area contributed by atoms with Crippen LogP contribution < -0.4 is 4.90 Å². The van der Waals surface area contributed by atoms with E-state index >= 15 is 0 Å². The number of aliphatic hydroxyl groups is 2. The van der Waals surface area contributed by atoms with Crippen molar-refractivity contribution >= 4 is 5.69 Å². The molecule has 0 radical (unpaired) electrons. The first-order valence-electron chi connectivity index (χ1n) is 6.88. The molecule has 0 saturated heterocycles. The van der Waals surface area contributed by atoms with E-state index in [1.165, 1.54) is 19.3 Å². The zero-order valence-electron chi connectivity index (χ0n) is 11.0. The van der Waals surface area contributed by atoms with E-state index in [-0.39, 0.29) is 6.61 Å². The predicted octanol–water partition coefficient (Wildman–Crippen LogP) is 2.48. The molecule has 0 aliphatic heterocycles. The van der Waals surface area contributed by atoms with Crippen LogP contribution in [0.2, 0.25) is 0 Å². The highest BCUT2D eigenvalue weighted by Crippen LogP contribution is 2.33. The number of para-hydroxylation sites is 1. The van der Waals surface area contributed by atoms with Crippen LogP contribution in [0.15, 0.2) is 24.3 Å². The van der Waals surface area contributed by atoms with Gasteiger partial charge in [-0.3, -0.25) is 0 Å². The predicted molar refractivity (Wildman–Crippen MR) is 73.8 cm³/mol. The fraction of sp³-hybridized carbons (Fsp3) is 0.600. The third-order valence-corrected chi connectivity index (χ3v) is 3.77. The molecular weight excluding hydrogens is 226 g/mol. The van der Waals surface area contributed by atoms with Gasteiger partial charge in [0.15, 0.2) is 0 Å². The second-order valence-corrected chi connectivity index (χ2v) is 5.09. The van der Waals surface area contributed by atoms with Crippen molar-refractivity contribution in [2.45, 2.75) is 44.8 Å². The third-order valence-electron chi connectivity index (χ3n) is 3.77. The minimum atomic E-state index is -0.446. The first-order chi connectivity index (χ1) is 8.74. The molecule has 0 aromatic heterocycles. The van der Waals surface area contributed by atoms with Crippen molar-refractivity contribution in [2.75, 3.05) is 18.1 Å². The maximum absolute atomic E-state index is 9.88. The lowest BCUT2D eigenvalue weighted by Gasteiger charge is -2.40. The normalized spacial score (nSPS) is 17.3. The van der Waals surface area contributed by atoms with Crippen molar-refractivity contribution in [3.05, 3.63) is 29.8 Å². The van der Waals surface area contributed by atoms with Crippen LogP contribution in [0.5, 0.6) is 0 Å². The Hall–Kier alpha value is -1.06. The largest absolute Gasteiger partial charge is 0.396 e. The van der Waals surface area contributed by atoms with Gasteiger partial charge in [-0.15, -0.1) is 0 Å². The van der Waals surface area contributed by atoms with Gasteiger partial charge in [0.1, 0.15) is 0 Å². The van der Waals surface area contributed by atoms with Gasteiger partial charge in [0.2, 0.25) is 0 Å². The zero-order chi connectivity index (χ0) is 13.0. The maximum atomic E-state index is 9.88. The van der Waals surface area contributed by atoms with Crippen molar-refractivity contribution in [1.82, 2.24) is 0 Å². The van der Waals surface area contributed by atoms with Gasteiger partial charge in [-0.05, 0) is 38.7 Å². The van der Waals surface area contributed by atoms with E-state index in [1.54, 1.807) is 0 Å². The molecule has 1 aliphatic rings. The van der Waals surface area contributed by atoms with Crippen molar-refractivity contribution < 1.29 is 10.2 Å². The summed E-state index contributed by atoms with van der Waals surface area (Å²) in [6.07, 6.45) is 4.07. The number of anilines is 1. The number of benzene rings is 1. The van der Waals surface area contributed by atoms with E-state index in [1.807, 2.05) is 25.1 Å². The van der Waals surface area contributed by atoms with E-state index in [0.29, 0.717) is 6.04 Å². The van der Waals surface area contributed by atoms with Crippen LogP contribution in [-0.2, 0) is 0 Å². The summed E-state index contributed by atoms with van der Waals surface area (Å²) in [5, 5.41) is 18.9. The lowest BCUT2D eigenvalue weighted by Crippen LogP contribution is -2.41. The Morgan fingerprint density at radius 2 is 2.06 bits per heavy atom. The highest BCUT2D eigenvalue weighted by molar-refractivity contribution is 5.55. The standard InChI is InChI=1S/C15H23NO2/c1-12(18)14-8-2-3-9-15(14)16(10-5-11-17)13-6-4-7-13/h2-3,8-9,12-13,17-18H,4-7,10-11H2,1H3/t12-/m1/s1. The quantitative estimate of drug-likeness (QED) is 0.814. The molecule has 2 rings (SSSR count). The second kappa shape index (κ2) is 6.21. The van der Waals surface area contributed by atoms with Gasteiger partial charge in [0, 0.05) is 30.4 Å². The van der Waals surface area contributed by atoms with Gasteiger partial charge < -0.3 is 15.1 Å². The van der Waals surface area contributed by atoms with Gasteiger partial charge in [-0.1, -0.05) is 18.2 Å². The van der Waals surface area contributed by atoms with E-state index in [9.17, 15) is 5.11 Å². The molecule has 0 heterocycles. The third kappa shape index (κ3) is 2.85. The molecule has 0 unspecified atom stereocenters. The molecule has 100 valence electrons. The Bertz CT molecular complexity index is 375. The molecule has 3 nitrogen and oxygen atoms in total. The summed E-state index contributed by atoms with van der Waals surface area (Å²) < 4.78 is 0. The average Bonchev–Trinajstić information content (AvgIpc) is 2.32. The Morgan fingerprint density at radius 3 is 2.61 bits per heavy atom. The summed E-state index contributed by atoms with van der Waals surface area (Å²) in [6, 6.07) is 8.64. The lowest BCUT2D eigenvalue weighted by molar-refractivity contribution is 0.199. The van der Waals surface area contributed by atoms with Crippen LogP contribution >= 0.6 is 0 Å². The molecule has 0 bridgehead atoms. The molecule has 1 aromatic rings. The molecule has 18 heavy (non-hydrogen) atoms. The molecule has 1 aromatic carbocycles. The first-order valence-corrected chi connectivity index (χ1v) is 6.88. The molecule has 2 N–H and O–H groups in total. The van der Waals surface area contributed by atoms with Crippen LogP contribution in [0.3, 0.4) is 0 Å². The van der Waals surface area contributed by atoms with Crippen LogP contribution in [0.1, 0.15) is 44.3 Å². The van der Waals surface area contributed by atoms with Gasteiger partial charge in [-0.25, -0.2) is 0 Å². The number of aliphatic hydroxyl groups excluding tert-OH is 2. The highest BCUT2D eigenvalue weighted by Gasteiger charge is 2.26. The smallest absolute Gasteiger partial charge is 0.0781 e. The number of rotatable bonds is 6. The van der Waals surface area contributed by atoms with Gasteiger partial charge in [0.05, 0.1) is 6.10 Å². The lowest BCUT2D eigenvalue weighted by atomic mass is 9.90. The topological polar surface area (TPSA) is 43.7 Å². The number of hydrogen-bond donors (Lipinski definition) is 2. The molecule has 1 fully saturated rings. The minimum Gasteiger partial charge on any atom is -0.396 e. The Labute approximate surface area is 109 Å². The summed E-state index contributed by atoms with van der Waals surface area (Å²) >= 11 is 0. The summed E-state index contributed by atoms with van der Waals surface area (Å²) in [5.41, 5.74) is 2.12. The average molecular weight is 249 g/mol. The Balaban J connectivity index is 2.23. The Kier molecular flexibility index (Phi) is 4.61. The zero-order valence-corrected chi connectivity index (χ0v) is 11.0. The van der Waals surface area contributed by atoms with Crippen LogP contribution in [-0.4, -0.2) is 29.4 Å². The fourth-order valence-electron chi connectivity index (χ4n) is 2.54. The van der Waals surface area contributed by atoms with E-state index in [2.05, 4.69) is 11.0 Å². The fourth-order valence-corrected chi connectivity index (χ4v) is 2.54. The monoisotopic (exact) mass is 249 g/mol. The summed E-state index contributed by atoms with van der Waals surface area (Å²) in [5.74, 6) is 0. The van der Waals surface area contributed by atoms with Crippen LogP contribution in [0.25, 0.3) is 0 Å². The van der Waals surface area contributed by atoms with Crippen molar-refractivity contribution in [1.29, 1.82) is 0 Å². The van der Waals surface area contributed by atoms with Gasteiger partial charge in [-0.2, -0.15) is 0 Å². The molecule has 0 amide bonds. The molecular formula is C15H23NO2. The van der Waals surface area contributed by atoms with Crippen molar-refractivity contribution in [3.8, 4) is 0 Å². The second-order valence-electron chi connectivity index (χ2n) is 5.09. The van der Waals surface area contributed by atoms with Crippen LogP contribution in [0, 0.1) is 0 Å². The van der Waals surface area contributed by atoms with Gasteiger partial charge in [0.25, 0.3) is 0 Å². The van der Waals surface area contributed by atoms with Crippen LogP contribution in [0.4, 0.5) is 5.69 Å². The number of nitrogens with zero attached hydrogens (tertiary/aromatic N) is 1. The van der Waals surface area contributed by atoms with E-state index in [4.69, 9.17) is 5.11 Å². The van der Waals surface area contributed by atoms with Gasteiger partial charge >= 0.3 is 0 Å². The maximum Gasteiger partial charge on any atom is 0.0781 e. The molecule has 1 atom stereocenters. The molecule has 1 aliphatic carbocycles. The highest BCUT2D eigenvalue weighted by atomic mass is 16.3.